The molecule has 3 aromatic rings. The van der Waals surface area contributed by atoms with Crippen molar-refractivity contribution < 1.29 is 14.3 Å². The Morgan fingerprint density at radius 3 is 2.30 bits per heavy atom. The maximum absolute atomic E-state index is 9.84. The fraction of sp³-hybridized carbons (Fsp3) is 0.348. The molecule has 0 amide bonds. The van der Waals surface area contributed by atoms with Crippen molar-refractivity contribution >= 4 is 0 Å². The highest BCUT2D eigenvalue weighted by Gasteiger charge is 2.09. The van der Waals surface area contributed by atoms with E-state index in [0.29, 0.717) is 31.1 Å². The Morgan fingerprint density at radius 2 is 1.67 bits per heavy atom. The van der Waals surface area contributed by atoms with E-state index >= 15 is 0 Å². The Morgan fingerprint density at radius 1 is 1.04 bits per heavy atom. The highest BCUT2D eigenvalue weighted by atomic mass is 16.5. The van der Waals surface area contributed by atoms with Crippen LogP contribution in [0.5, 0.6) is 11.5 Å². The van der Waals surface area contributed by atoms with Crippen LogP contribution in [0, 0.1) is 13.8 Å². The van der Waals surface area contributed by atoms with E-state index in [2.05, 4.69) is 4.98 Å². The van der Waals surface area contributed by atoms with Gasteiger partial charge in [-0.15, -0.1) is 0 Å². The van der Waals surface area contributed by atoms with Crippen molar-refractivity contribution in [3.05, 3.63) is 77.0 Å². The maximum Gasteiger partial charge on any atom is 0.198 e. The van der Waals surface area contributed by atoms with E-state index < -0.39 is 0 Å². The van der Waals surface area contributed by atoms with Crippen LogP contribution < -0.4 is 4.74 Å². The predicted molar refractivity (Wildman–Crippen MR) is 111 cm³/mol. The van der Waals surface area contributed by atoms with E-state index in [1.54, 1.807) is 6.26 Å². The van der Waals surface area contributed by atoms with E-state index in [4.69, 9.17) is 9.15 Å². The van der Waals surface area contributed by atoms with E-state index in [0.717, 1.165) is 28.1 Å². The number of para-hydroxylation sites is 1. The normalized spacial score (nSPS) is 9.78. The van der Waals surface area contributed by atoms with Gasteiger partial charge in [-0.2, -0.15) is 0 Å². The second-order valence-electron chi connectivity index (χ2n) is 5.90. The largest absolute Gasteiger partial charge is 0.507 e. The first kappa shape index (κ1) is 22.3. The van der Waals surface area contributed by atoms with Gasteiger partial charge in [0, 0.05) is 12.8 Å². The number of benzene rings is 2. The molecular weight excluding hydrogens is 338 g/mol. The van der Waals surface area contributed by atoms with Crippen LogP contribution in [0.3, 0.4) is 0 Å². The molecule has 4 heteroatoms. The average molecular weight is 370 g/mol. The van der Waals surface area contributed by atoms with Crippen molar-refractivity contribution in [1.29, 1.82) is 0 Å². The van der Waals surface area contributed by atoms with Gasteiger partial charge in [0.2, 0.25) is 0 Å². The highest BCUT2D eigenvalue weighted by molar-refractivity contribution is 5.42. The summed E-state index contributed by atoms with van der Waals surface area (Å²) >= 11 is 0. The predicted octanol–water partition coefficient (Wildman–Crippen LogP) is 5.87. The quantitative estimate of drug-likeness (QED) is 0.590. The molecule has 0 radical (unpaired) electrons. The number of ether oxygens (including phenoxy) is 1. The molecule has 0 aliphatic heterocycles. The maximum atomic E-state index is 9.84. The monoisotopic (exact) mass is 369 g/mol. The van der Waals surface area contributed by atoms with Gasteiger partial charge in [0.05, 0.1) is 12.3 Å². The summed E-state index contributed by atoms with van der Waals surface area (Å²) in [7, 11) is 0. The average Bonchev–Trinajstić information content (AvgIpc) is 3.09. The number of aryl methyl sites for hydroxylation is 2. The molecule has 2 aromatic carbocycles. The molecule has 4 nitrogen and oxygen atoms in total. The Labute approximate surface area is 162 Å². The van der Waals surface area contributed by atoms with E-state index in [9.17, 15) is 5.11 Å². The van der Waals surface area contributed by atoms with Gasteiger partial charge in [-0.1, -0.05) is 51.6 Å². The first-order valence-electron chi connectivity index (χ1n) is 9.02. The number of oxazole rings is 1. The summed E-state index contributed by atoms with van der Waals surface area (Å²) < 4.78 is 11.2. The Balaban J connectivity index is 0.00000118. The lowest BCUT2D eigenvalue weighted by Gasteiger charge is -2.06. The minimum absolute atomic E-state index is 0. The molecule has 0 fully saturated rings. The van der Waals surface area contributed by atoms with Gasteiger partial charge in [-0.05, 0) is 42.7 Å². The fourth-order valence-corrected chi connectivity index (χ4v) is 2.66. The molecule has 0 aliphatic carbocycles. The van der Waals surface area contributed by atoms with Crippen LogP contribution in [0.4, 0.5) is 0 Å². The minimum Gasteiger partial charge on any atom is -0.507 e. The summed E-state index contributed by atoms with van der Waals surface area (Å²) in [5.41, 5.74) is 3.70. The lowest BCUT2D eigenvalue weighted by atomic mass is 10.0. The number of hydrogen-bond acceptors (Lipinski definition) is 4. The topological polar surface area (TPSA) is 55.5 Å². The zero-order valence-electron chi connectivity index (χ0n) is 16.0. The van der Waals surface area contributed by atoms with Gasteiger partial charge in [0.1, 0.15) is 17.8 Å². The molecule has 1 heterocycles. The lowest BCUT2D eigenvalue weighted by Crippen LogP contribution is -2.01. The van der Waals surface area contributed by atoms with Crippen molar-refractivity contribution in [1.82, 2.24) is 4.98 Å². The van der Waals surface area contributed by atoms with Crippen LogP contribution in [0.25, 0.3) is 0 Å². The van der Waals surface area contributed by atoms with E-state index in [1.807, 2.05) is 70.2 Å². The third-order valence-corrected chi connectivity index (χ3v) is 3.88. The van der Waals surface area contributed by atoms with Crippen LogP contribution in [0.2, 0.25) is 0 Å². The summed E-state index contributed by atoms with van der Waals surface area (Å²) in [6.07, 6.45) is 3.00. The number of rotatable bonds is 6. The van der Waals surface area contributed by atoms with Crippen molar-refractivity contribution in [2.24, 2.45) is 0 Å². The standard InChI is InChI=1S/C20H21NO3.C2H6.CH4/c1-14-10-16(11-15(2)20(14)22)12-19-21-17(13-24-19)8-9-23-18-6-4-3-5-7-18;1-2;/h3-7,10-11,13,22H,8-9,12H2,1-2H3;1-2H3;1H4. The van der Waals surface area contributed by atoms with Crippen LogP contribution >= 0.6 is 0 Å². The number of phenolic OH excluding ortho intramolecular Hbond substituents is 1. The molecule has 0 bridgehead atoms. The molecule has 1 aromatic heterocycles. The molecule has 0 aliphatic rings. The Bertz CT molecular complexity index is 786. The van der Waals surface area contributed by atoms with Crippen molar-refractivity contribution in [3.8, 4) is 11.5 Å². The van der Waals surface area contributed by atoms with Crippen LogP contribution in [0.15, 0.2) is 53.1 Å². The Kier molecular flexibility index (Phi) is 9.14. The molecule has 27 heavy (non-hydrogen) atoms. The molecule has 3 rings (SSSR count). The SMILES string of the molecule is C.CC.Cc1cc(Cc2nc(CCOc3ccccc3)co2)cc(C)c1O. The van der Waals surface area contributed by atoms with Crippen LogP contribution in [0.1, 0.15) is 49.5 Å². The van der Waals surface area contributed by atoms with Gasteiger partial charge in [-0.3, -0.25) is 0 Å². The molecule has 0 unspecified atom stereocenters. The zero-order chi connectivity index (χ0) is 18.9. The number of phenols is 1. The van der Waals surface area contributed by atoms with Gasteiger partial charge >= 0.3 is 0 Å². The smallest absolute Gasteiger partial charge is 0.198 e. The van der Waals surface area contributed by atoms with Gasteiger partial charge in [0.15, 0.2) is 5.89 Å². The summed E-state index contributed by atoms with van der Waals surface area (Å²) in [6, 6.07) is 13.7. The molecule has 0 saturated heterocycles. The molecular formula is C23H31NO3. The summed E-state index contributed by atoms with van der Waals surface area (Å²) in [6.45, 7) is 8.36. The van der Waals surface area contributed by atoms with Crippen LogP contribution in [-0.4, -0.2) is 16.7 Å². The number of aromatic nitrogens is 1. The highest BCUT2D eigenvalue weighted by Crippen LogP contribution is 2.24. The molecule has 1 N–H and O–H groups in total. The van der Waals surface area contributed by atoms with Crippen molar-refractivity contribution in [3.63, 3.8) is 0 Å². The second kappa shape index (κ2) is 11.1. The lowest BCUT2D eigenvalue weighted by molar-refractivity contribution is 0.320. The van der Waals surface area contributed by atoms with Crippen LogP contribution in [-0.2, 0) is 12.8 Å². The third kappa shape index (κ3) is 6.48. The van der Waals surface area contributed by atoms with Crippen molar-refractivity contribution in [2.45, 2.75) is 48.0 Å². The summed E-state index contributed by atoms with van der Waals surface area (Å²) in [5.74, 6) is 1.88. The van der Waals surface area contributed by atoms with E-state index in [-0.39, 0.29) is 7.43 Å². The first-order valence-corrected chi connectivity index (χ1v) is 9.02. The van der Waals surface area contributed by atoms with E-state index in [1.165, 1.54) is 0 Å². The fourth-order valence-electron chi connectivity index (χ4n) is 2.66. The second-order valence-corrected chi connectivity index (χ2v) is 5.90. The molecule has 0 atom stereocenters. The van der Waals surface area contributed by atoms with Gasteiger partial charge < -0.3 is 14.3 Å². The van der Waals surface area contributed by atoms with Gasteiger partial charge in [0.25, 0.3) is 0 Å². The summed E-state index contributed by atoms with van der Waals surface area (Å²) in [5, 5.41) is 9.84. The minimum atomic E-state index is 0. The number of nitrogens with zero attached hydrogens (tertiary/aromatic N) is 1. The Hall–Kier alpha value is -2.75. The van der Waals surface area contributed by atoms with Crippen molar-refractivity contribution in [2.75, 3.05) is 6.61 Å². The zero-order valence-corrected chi connectivity index (χ0v) is 16.0. The molecule has 0 spiro atoms. The first-order chi connectivity index (χ1) is 12.6. The number of hydrogen-bond donors (Lipinski definition) is 1. The molecule has 0 saturated carbocycles. The summed E-state index contributed by atoms with van der Waals surface area (Å²) in [4.78, 5) is 4.51. The molecule has 146 valence electrons. The third-order valence-electron chi connectivity index (χ3n) is 3.88. The van der Waals surface area contributed by atoms with Gasteiger partial charge in [-0.25, -0.2) is 4.98 Å². The number of aromatic hydroxyl groups is 1.